The number of fused-ring (bicyclic) bond motifs is 1. The minimum absolute atomic E-state index is 0.421. The molecule has 2 aromatic heterocycles. The van der Waals surface area contributed by atoms with Gasteiger partial charge in [0.2, 0.25) is 0 Å². The number of aromatic nitrogens is 3. The zero-order valence-corrected chi connectivity index (χ0v) is 13.2. The van der Waals surface area contributed by atoms with E-state index in [9.17, 15) is 0 Å². The van der Waals surface area contributed by atoms with E-state index in [1.807, 2.05) is 37.4 Å². The van der Waals surface area contributed by atoms with Gasteiger partial charge in [0, 0.05) is 27.7 Å². The molecule has 0 aliphatic rings. The molecule has 106 valence electrons. The molecule has 0 unspecified atom stereocenters. The molecule has 0 saturated carbocycles. The van der Waals surface area contributed by atoms with Crippen molar-refractivity contribution in [2.45, 2.75) is 12.1 Å². The zero-order valence-electron chi connectivity index (χ0n) is 11.6. The number of anilines is 1. The number of hydrogen-bond donors (Lipinski definition) is 1. The predicted octanol–water partition coefficient (Wildman–Crippen LogP) is 3.96. The lowest BCUT2D eigenvalue weighted by Crippen LogP contribution is -1.99. The van der Waals surface area contributed by atoms with E-state index in [-0.39, 0.29) is 0 Å². The summed E-state index contributed by atoms with van der Waals surface area (Å²) < 4.78 is 0. The van der Waals surface area contributed by atoms with Crippen molar-refractivity contribution in [2.75, 3.05) is 12.0 Å². The topological polar surface area (TPSA) is 64.7 Å². The van der Waals surface area contributed by atoms with Crippen LogP contribution in [0.4, 0.5) is 5.82 Å². The summed E-state index contributed by atoms with van der Waals surface area (Å²) in [6.07, 6.45) is 3.68. The van der Waals surface area contributed by atoms with Crippen molar-refractivity contribution in [3.05, 3.63) is 41.0 Å². The number of halogens is 1. The second-order valence-electron chi connectivity index (χ2n) is 4.62. The van der Waals surface area contributed by atoms with Crippen LogP contribution in [-0.2, 0) is 0 Å². The van der Waals surface area contributed by atoms with E-state index in [1.165, 1.54) is 11.8 Å². The monoisotopic (exact) mass is 316 g/mol. The highest BCUT2D eigenvalue weighted by atomic mass is 35.5. The molecule has 0 amide bonds. The Labute approximate surface area is 131 Å². The Morgan fingerprint density at radius 3 is 2.76 bits per heavy atom. The number of nitrogens with zero attached hydrogens (tertiary/aromatic N) is 3. The van der Waals surface area contributed by atoms with Gasteiger partial charge in [0.25, 0.3) is 0 Å². The van der Waals surface area contributed by atoms with Gasteiger partial charge in [-0.05, 0) is 30.9 Å². The third-order valence-corrected chi connectivity index (χ3v) is 4.13. The molecule has 0 aliphatic carbocycles. The summed E-state index contributed by atoms with van der Waals surface area (Å²) in [5.74, 6) is 0.421. The summed E-state index contributed by atoms with van der Waals surface area (Å²) in [5, 5.41) is 2.18. The van der Waals surface area contributed by atoms with Crippen LogP contribution in [0.25, 0.3) is 22.2 Å². The van der Waals surface area contributed by atoms with Gasteiger partial charge in [-0.15, -0.1) is 0 Å². The van der Waals surface area contributed by atoms with Gasteiger partial charge in [-0.25, -0.2) is 15.0 Å². The van der Waals surface area contributed by atoms with Gasteiger partial charge in [-0.2, -0.15) is 0 Å². The summed E-state index contributed by atoms with van der Waals surface area (Å²) in [5.41, 5.74) is 9.48. The Hall–Kier alpha value is -1.85. The second-order valence-corrected chi connectivity index (χ2v) is 5.80. The number of pyridine rings is 1. The number of hydrogen-bond acceptors (Lipinski definition) is 5. The maximum atomic E-state index is 6.32. The first kappa shape index (κ1) is 14.1. The smallest absolute Gasteiger partial charge is 0.189 e. The largest absolute Gasteiger partial charge is 0.383 e. The molecular formula is C15H13ClN4S. The molecule has 0 radical (unpaired) electrons. The van der Waals surface area contributed by atoms with E-state index in [4.69, 9.17) is 17.3 Å². The Bertz CT molecular complexity index is 815. The van der Waals surface area contributed by atoms with Crippen LogP contribution in [0.3, 0.4) is 0 Å². The van der Waals surface area contributed by atoms with Crippen molar-refractivity contribution in [1.29, 1.82) is 0 Å². The number of nitrogens with two attached hydrogens (primary N) is 1. The molecule has 0 spiro atoms. The summed E-state index contributed by atoms with van der Waals surface area (Å²) >= 11 is 7.79. The third kappa shape index (κ3) is 2.54. The van der Waals surface area contributed by atoms with Crippen LogP contribution in [0.2, 0.25) is 5.02 Å². The van der Waals surface area contributed by atoms with E-state index in [0.717, 1.165) is 22.1 Å². The highest BCUT2D eigenvalue weighted by molar-refractivity contribution is 7.98. The fraction of sp³-hybridized carbons (Fsp3) is 0.133. The Balaban J connectivity index is 2.27. The molecule has 0 fully saturated rings. The van der Waals surface area contributed by atoms with E-state index < -0.39 is 0 Å². The number of benzene rings is 1. The molecule has 2 N–H and O–H groups in total. The van der Waals surface area contributed by atoms with Crippen molar-refractivity contribution >= 4 is 40.2 Å². The van der Waals surface area contributed by atoms with E-state index in [1.54, 1.807) is 6.20 Å². The fourth-order valence-corrected chi connectivity index (χ4v) is 2.89. The van der Waals surface area contributed by atoms with Crippen LogP contribution in [-0.4, -0.2) is 21.2 Å². The lowest BCUT2D eigenvalue weighted by Gasteiger charge is -2.11. The highest BCUT2D eigenvalue weighted by Crippen LogP contribution is 2.35. The molecule has 0 aliphatic heterocycles. The SMILES string of the molecule is CSc1ncc2cc(-c3c(C)cccc3Cl)c(N)nc2n1. The molecule has 0 saturated heterocycles. The van der Waals surface area contributed by atoms with Gasteiger partial charge < -0.3 is 5.73 Å². The first-order valence-electron chi connectivity index (χ1n) is 6.33. The van der Waals surface area contributed by atoms with Gasteiger partial charge in [0.15, 0.2) is 10.8 Å². The minimum Gasteiger partial charge on any atom is -0.383 e. The van der Waals surface area contributed by atoms with Crippen LogP contribution in [0.15, 0.2) is 35.6 Å². The van der Waals surface area contributed by atoms with Crippen LogP contribution in [0.5, 0.6) is 0 Å². The van der Waals surface area contributed by atoms with E-state index in [0.29, 0.717) is 21.6 Å². The van der Waals surface area contributed by atoms with Crippen molar-refractivity contribution in [3.8, 4) is 11.1 Å². The molecule has 3 rings (SSSR count). The minimum atomic E-state index is 0.421. The van der Waals surface area contributed by atoms with E-state index in [2.05, 4.69) is 15.0 Å². The molecule has 1 aromatic carbocycles. The lowest BCUT2D eigenvalue weighted by atomic mass is 10.0. The Morgan fingerprint density at radius 1 is 1.24 bits per heavy atom. The maximum Gasteiger partial charge on any atom is 0.189 e. The van der Waals surface area contributed by atoms with Gasteiger partial charge in [0.1, 0.15) is 5.82 Å². The molecule has 0 bridgehead atoms. The quantitative estimate of drug-likeness (QED) is 0.572. The van der Waals surface area contributed by atoms with Gasteiger partial charge in [0.05, 0.1) is 0 Å². The first-order valence-corrected chi connectivity index (χ1v) is 7.93. The zero-order chi connectivity index (χ0) is 15.0. The van der Waals surface area contributed by atoms with Gasteiger partial charge >= 0.3 is 0 Å². The first-order chi connectivity index (χ1) is 10.1. The molecular weight excluding hydrogens is 304 g/mol. The number of aryl methyl sites for hydroxylation is 1. The molecule has 4 nitrogen and oxygen atoms in total. The standard InChI is InChI=1S/C15H13ClN4S/c1-8-4-3-5-11(16)12(8)10-6-9-7-18-15(21-2)20-14(9)19-13(10)17/h3-7H,1-2H3,(H2,17,18,19,20). The van der Waals surface area contributed by atoms with Crippen LogP contribution >= 0.6 is 23.4 Å². The maximum absolute atomic E-state index is 6.32. The van der Waals surface area contributed by atoms with Crippen molar-refractivity contribution < 1.29 is 0 Å². The van der Waals surface area contributed by atoms with Crippen LogP contribution < -0.4 is 5.73 Å². The number of rotatable bonds is 2. The van der Waals surface area contributed by atoms with Crippen molar-refractivity contribution in [3.63, 3.8) is 0 Å². The molecule has 3 aromatic rings. The summed E-state index contributed by atoms with van der Waals surface area (Å²) in [6.45, 7) is 2.00. The lowest BCUT2D eigenvalue weighted by molar-refractivity contribution is 0.993. The van der Waals surface area contributed by atoms with Gasteiger partial charge in [-0.1, -0.05) is 35.5 Å². The molecule has 2 heterocycles. The van der Waals surface area contributed by atoms with Crippen LogP contribution in [0, 0.1) is 6.92 Å². The third-order valence-electron chi connectivity index (χ3n) is 3.25. The number of nitrogen functional groups attached to an aromatic ring is 1. The normalized spacial score (nSPS) is 11.0. The predicted molar refractivity (Wildman–Crippen MR) is 88.7 cm³/mol. The van der Waals surface area contributed by atoms with Crippen molar-refractivity contribution in [1.82, 2.24) is 15.0 Å². The molecule has 6 heteroatoms. The van der Waals surface area contributed by atoms with E-state index >= 15 is 0 Å². The van der Waals surface area contributed by atoms with Gasteiger partial charge in [-0.3, -0.25) is 0 Å². The average molecular weight is 317 g/mol. The summed E-state index contributed by atoms with van der Waals surface area (Å²) in [4.78, 5) is 13.0. The number of thioether (sulfide) groups is 1. The Morgan fingerprint density at radius 2 is 2.05 bits per heavy atom. The Kier molecular flexibility index (Phi) is 3.69. The molecule has 0 atom stereocenters. The van der Waals surface area contributed by atoms with Crippen molar-refractivity contribution in [2.24, 2.45) is 0 Å². The average Bonchev–Trinajstić information content (AvgIpc) is 2.47. The highest BCUT2D eigenvalue weighted by Gasteiger charge is 2.13. The fourth-order valence-electron chi connectivity index (χ4n) is 2.23. The second kappa shape index (κ2) is 5.50. The summed E-state index contributed by atoms with van der Waals surface area (Å²) in [6, 6.07) is 7.70. The van der Waals surface area contributed by atoms with Crippen LogP contribution in [0.1, 0.15) is 5.56 Å². The molecule has 21 heavy (non-hydrogen) atoms. The summed E-state index contributed by atoms with van der Waals surface area (Å²) in [7, 11) is 0.